The predicted molar refractivity (Wildman–Crippen MR) is 98.7 cm³/mol. The summed E-state index contributed by atoms with van der Waals surface area (Å²) in [6, 6.07) is 7.02. The van der Waals surface area contributed by atoms with E-state index in [9.17, 15) is 9.50 Å². The van der Waals surface area contributed by atoms with Gasteiger partial charge in [0.25, 0.3) is 0 Å². The maximum atomic E-state index is 14.4. The highest BCUT2D eigenvalue weighted by Crippen LogP contribution is 2.31. The predicted octanol–water partition coefficient (Wildman–Crippen LogP) is 4.20. The molecule has 0 amide bonds. The molecule has 2 aromatic heterocycles. The van der Waals surface area contributed by atoms with Crippen molar-refractivity contribution in [2.24, 2.45) is 0 Å². The number of hydrogen-bond acceptors (Lipinski definition) is 3. The number of aromatic nitrogens is 4. The van der Waals surface area contributed by atoms with Gasteiger partial charge in [0.05, 0.1) is 12.3 Å². The second-order valence-corrected chi connectivity index (χ2v) is 7.09. The minimum atomic E-state index is -0.320. The van der Waals surface area contributed by atoms with Crippen LogP contribution in [0.4, 0.5) is 4.39 Å². The van der Waals surface area contributed by atoms with Gasteiger partial charge in [-0.25, -0.2) is 14.1 Å². The highest BCUT2D eigenvalue weighted by atomic mass is 79.9. The molecule has 0 aliphatic rings. The van der Waals surface area contributed by atoms with Crippen molar-refractivity contribution in [3.05, 3.63) is 46.6 Å². The molecule has 0 spiro atoms. The number of benzene rings is 1. The number of rotatable bonds is 5. The lowest BCUT2D eigenvalue weighted by molar-refractivity contribution is 0.277. The van der Waals surface area contributed by atoms with Crippen molar-refractivity contribution in [3.63, 3.8) is 0 Å². The zero-order valence-electron chi connectivity index (χ0n) is 14.4. The average molecular weight is 407 g/mol. The first-order valence-electron chi connectivity index (χ1n) is 8.10. The van der Waals surface area contributed by atoms with E-state index in [1.807, 2.05) is 42.3 Å². The minimum Gasteiger partial charge on any atom is -0.395 e. The van der Waals surface area contributed by atoms with Gasteiger partial charge in [-0.05, 0) is 45.0 Å². The van der Waals surface area contributed by atoms with Crippen LogP contribution < -0.4 is 0 Å². The third kappa shape index (κ3) is 3.52. The Kier molecular flexibility index (Phi) is 5.06. The van der Waals surface area contributed by atoms with Crippen LogP contribution in [0, 0.1) is 12.7 Å². The number of aliphatic hydroxyl groups is 1. The summed E-state index contributed by atoms with van der Waals surface area (Å²) < 4.78 is 18.8. The lowest BCUT2D eigenvalue weighted by atomic mass is 10.1. The highest BCUT2D eigenvalue weighted by molar-refractivity contribution is 9.10. The largest absolute Gasteiger partial charge is 0.395 e. The molecule has 0 atom stereocenters. The third-order valence-electron chi connectivity index (χ3n) is 3.93. The van der Waals surface area contributed by atoms with Gasteiger partial charge < -0.3 is 9.67 Å². The summed E-state index contributed by atoms with van der Waals surface area (Å²) in [5.41, 5.74) is 2.03. The molecule has 5 nitrogen and oxygen atoms in total. The van der Waals surface area contributed by atoms with E-state index in [0.29, 0.717) is 28.1 Å². The molecule has 0 fully saturated rings. The van der Waals surface area contributed by atoms with Crippen LogP contribution in [0.5, 0.6) is 0 Å². The second kappa shape index (κ2) is 7.09. The van der Waals surface area contributed by atoms with Crippen LogP contribution in [0.2, 0.25) is 0 Å². The zero-order chi connectivity index (χ0) is 18.1. The van der Waals surface area contributed by atoms with Gasteiger partial charge in [0.15, 0.2) is 5.82 Å². The van der Waals surface area contributed by atoms with E-state index in [-0.39, 0.29) is 18.5 Å². The first kappa shape index (κ1) is 17.8. The van der Waals surface area contributed by atoms with Gasteiger partial charge in [-0.3, -0.25) is 0 Å². The van der Waals surface area contributed by atoms with E-state index in [2.05, 4.69) is 26.0 Å². The van der Waals surface area contributed by atoms with Crippen molar-refractivity contribution < 1.29 is 9.50 Å². The molecule has 0 radical (unpaired) electrons. The van der Waals surface area contributed by atoms with Gasteiger partial charge in [0, 0.05) is 34.4 Å². The molecule has 3 aromatic rings. The van der Waals surface area contributed by atoms with E-state index in [1.165, 1.54) is 6.07 Å². The summed E-state index contributed by atoms with van der Waals surface area (Å²) in [6.07, 6.45) is 1.88. The maximum Gasteiger partial charge on any atom is 0.160 e. The Hall–Kier alpha value is -1.99. The van der Waals surface area contributed by atoms with Crippen molar-refractivity contribution >= 4 is 15.9 Å². The van der Waals surface area contributed by atoms with Gasteiger partial charge in [0.1, 0.15) is 11.6 Å². The third-order valence-corrected chi connectivity index (χ3v) is 4.42. The lowest BCUT2D eigenvalue weighted by Gasteiger charge is -2.08. The molecule has 25 heavy (non-hydrogen) atoms. The molecule has 3 rings (SSSR count). The van der Waals surface area contributed by atoms with E-state index >= 15 is 0 Å². The van der Waals surface area contributed by atoms with Gasteiger partial charge >= 0.3 is 0 Å². The average Bonchev–Trinajstić information content (AvgIpc) is 3.12. The Morgan fingerprint density at radius 3 is 2.68 bits per heavy atom. The van der Waals surface area contributed by atoms with Crippen molar-refractivity contribution in [1.82, 2.24) is 19.3 Å². The topological polar surface area (TPSA) is 55.9 Å². The normalized spacial score (nSPS) is 11.5. The van der Waals surface area contributed by atoms with Crippen LogP contribution in [0.3, 0.4) is 0 Å². The van der Waals surface area contributed by atoms with E-state index in [0.717, 1.165) is 11.4 Å². The van der Waals surface area contributed by atoms with Gasteiger partial charge in [-0.2, -0.15) is 5.10 Å². The first-order valence-corrected chi connectivity index (χ1v) is 8.90. The molecule has 1 aromatic carbocycles. The quantitative estimate of drug-likeness (QED) is 0.690. The SMILES string of the molecule is Cc1nc(-c2cc(-c3ccc(Br)cc3F)n(CCO)c2)n(C(C)C)n1. The lowest BCUT2D eigenvalue weighted by Crippen LogP contribution is -2.05. The Labute approximate surface area is 154 Å². The summed E-state index contributed by atoms with van der Waals surface area (Å²) in [5.74, 6) is 1.11. The molecule has 0 unspecified atom stereocenters. The first-order chi connectivity index (χ1) is 11.9. The van der Waals surface area contributed by atoms with E-state index in [1.54, 1.807) is 12.1 Å². The van der Waals surface area contributed by atoms with Crippen molar-refractivity contribution in [2.45, 2.75) is 33.4 Å². The summed E-state index contributed by atoms with van der Waals surface area (Å²) in [6.45, 7) is 6.27. The van der Waals surface area contributed by atoms with Crippen molar-refractivity contribution in [2.75, 3.05) is 6.61 Å². The van der Waals surface area contributed by atoms with Gasteiger partial charge in [0.2, 0.25) is 0 Å². The molecular formula is C18H20BrFN4O. The van der Waals surface area contributed by atoms with Crippen molar-refractivity contribution in [1.29, 1.82) is 0 Å². The fraction of sp³-hybridized carbons (Fsp3) is 0.333. The molecule has 0 aliphatic heterocycles. The Morgan fingerprint density at radius 2 is 2.04 bits per heavy atom. The summed E-state index contributed by atoms with van der Waals surface area (Å²) in [4.78, 5) is 4.52. The molecule has 0 aliphatic carbocycles. The molecule has 2 heterocycles. The van der Waals surface area contributed by atoms with Gasteiger partial charge in [-0.15, -0.1) is 0 Å². The molecular weight excluding hydrogens is 387 g/mol. The number of aliphatic hydroxyl groups excluding tert-OH is 1. The Morgan fingerprint density at radius 1 is 1.28 bits per heavy atom. The van der Waals surface area contributed by atoms with Gasteiger partial charge in [-0.1, -0.05) is 15.9 Å². The summed E-state index contributed by atoms with van der Waals surface area (Å²) >= 11 is 3.28. The Bertz CT molecular complexity index is 901. The molecule has 7 heteroatoms. The summed E-state index contributed by atoms with van der Waals surface area (Å²) in [5, 5.41) is 13.8. The number of aryl methyl sites for hydroxylation is 1. The van der Waals surface area contributed by atoms with Crippen LogP contribution in [0.15, 0.2) is 34.9 Å². The minimum absolute atomic E-state index is 0.0326. The fourth-order valence-electron chi connectivity index (χ4n) is 2.84. The maximum absolute atomic E-state index is 14.4. The van der Waals surface area contributed by atoms with Crippen LogP contribution in [0.25, 0.3) is 22.6 Å². The number of hydrogen-bond donors (Lipinski definition) is 1. The van der Waals surface area contributed by atoms with Crippen LogP contribution in [-0.4, -0.2) is 31.0 Å². The second-order valence-electron chi connectivity index (χ2n) is 6.18. The zero-order valence-corrected chi connectivity index (χ0v) is 16.0. The molecule has 0 bridgehead atoms. The van der Waals surface area contributed by atoms with Crippen LogP contribution in [-0.2, 0) is 6.54 Å². The Balaban J connectivity index is 2.15. The molecule has 132 valence electrons. The van der Waals surface area contributed by atoms with E-state index < -0.39 is 0 Å². The molecule has 0 saturated heterocycles. The van der Waals surface area contributed by atoms with Crippen LogP contribution in [0.1, 0.15) is 25.7 Å². The fourth-order valence-corrected chi connectivity index (χ4v) is 3.17. The molecule has 1 N–H and O–H groups in total. The van der Waals surface area contributed by atoms with Crippen LogP contribution >= 0.6 is 15.9 Å². The molecule has 0 saturated carbocycles. The standard InChI is InChI=1S/C18H20BrFN4O/c1-11(2)24-18(21-12(3)22-24)13-8-17(23(10-13)6-7-25)15-5-4-14(19)9-16(15)20/h4-5,8-11,25H,6-7H2,1-3H3. The summed E-state index contributed by atoms with van der Waals surface area (Å²) in [7, 11) is 0. The number of halogens is 2. The highest BCUT2D eigenvalue weighted by Gasteiger charge is 2.18. The monoisotopic (exact) mass is 406 g/mol. The number of nitrogens with zero attached hydrogens (tertiary/aromatic N) is 4. The van der Waals surface area contributed by atoms with Crippen molar-refractivity contribution in [3.8, 4) is 22.6 Å². The van der Waals surface area contributed by atoms with E-state index in [4.69, 9.17) is 0 Å². The smallest absolute Gasteiger partial charge is 0.160 e.